The Morgan fingerprint density at radius 3 is 2.00 bits per heavy atom. The third-order valence-corrected chi connectivity index (χ3v) is 4.55. The van der Waals surface area contributed by atoms with Crippen LogP contribution in [0.2, 0.25) is 0 Å². The van der Waals surface area contributed by atoms with Crippen LogP contribution in [0.15, 0.2) is 41.4 Å². The molecule has 2 rings (SSSR count). The Morgan fingerprint density at radius 2 is 1.63 bits per heavy atom. The van der Waals surface area contributed by atoms with Gasteiger partial charge in [-0.3, -0.25) is 9.79 Å². The first-order valence-electron chi connectivity index (χ1n) is 11.6. The number of nitrogens with zero attached hydrogens (tertiary/aromatic N) is 2. The van der Waals surface area contributed by atoms with Crippen LogP contribution in [0.4, 0.5) is 18.9 Å². The van der Waals surface area contributed by atoms with Crippen LogP contribution in [0, 0.1) is 13.8 Å². The summed E-state index contributed by atoms with van der Waals surface area (Å²) in [4.78, 5) is 18.5. The molecule has 0 atom stereocenters. The highest BCUT2D eigenvalue weighted by atomic mass is 19.4. The Kier molecular flexibility index (Phi) is 14.1. The molecular weight excluding hydrogens is 457 g/mol. The molecule has 8 heteroatoms. The normalized spacial score (nSPS) is 11.6. The van der Waals surface area contributed by atoms with Crippen LogP contribution in [0.3, 0.4) is 0 Å². The largest absolute Gasteiger partial charge is 0.497 e. The van der Waals surface area contributed by atoms with Crippen molar-refractivity contribution in [3.8, 4) is 5.75 Å². The lowest BCUT2D eigenvalue weighted by molar-refractivity contribution is -0.141. The topological polar surface area (TPSA) is 71.8 Å². The second-order valence-electron chi connectivity index (χ2n) is 8.79. The van der Waals surface area contributed by atoms with E-state index in [-0.39, 0.29) is 12.2 Å². The maximum Gasteiger partial charge on any atom is 0.433 e. The third kappa shape index (κ3) is 15.0. The molecule has 2 aromatic rings. The number of ketones is 1. The fourth-order valence-corrected chi connectivity index (χ4v) is 2.73. The van der Waals surface area contributed by atoms with E-state index in [1.807, 2.05) is 38.1 Å². The van der Waals surface area contributed by atoms with Gasteiger partial charge in [-0.25, -0.2) is 4.98 Å². The first-order valence-corrected chi connectivity index (χ1v) is 11.6. The van der Waals surface area contributed by atoms with Crippen molar-refractivity contribution in [3.63, 3.8) is 0 Å². The second-order valence-corrected chi connectivity index (χ2v) is 8.79. The van der Waals surface area contributed by atoms with Gasteiger partial charge in [-0.15, -0.1) is 0 Å². The summed E-state index contributed by atoms with van der Waals surface area (Å²) < 4.78 is 42.1. The molecule has 0 unspecified atom stereocenters. The number of aromatic nitrogens is 1. The van der Waals surface area contributed by atoms with E-state index in [0.29, 0.717) is 17.8 Å². The van der Waals surface area contributed by atoms with Gasteiger partial charge in [0, 0.05) is 18.6 Å². The maximum atomic E-state index is 12.4. The smallest absolute Gasteiger partial charge is 0.433 e. The van der Waals surface area contributed by atoms with E-state index in [2.05, 4.69) is 16.9 Å². The fourth-order valence-electron chi connectivity index (χ4n) is 2.73. The molecule has 0 saturated heterocycles. The Morgan fingerprint density at radius 1 is 1.06 bits per heavy atom. The molecule has 0 spiro atoms. The zero-order valence-corrected chi connectivity index (χ0v) is 22.1. The van der Waals surface area contributed by atoms with E-state index >= 15 is 0 Å². The molecule has 1 aromatic heterocycles. The van der Waals surface area contributed by atoms with Crippen LogP contribution < -0.4 is 4.74 Å². The molecule has 0 radical (unpaired) electrons. The van der Waals surface area contributed by atoms with Crippen LogP contribution >= 0.6 is 0 Å². The zero-order chi connectivity index (χ0) is 27.2. The highest BCUT2D eigenvalue weighted by molar-refractivity contribution is 5.84. The van der Waals surface area contributed by atoms with E-state index in [0.717, 1.165) is 30.4 Å². The minimum absolute atomic E-state index is 0.113. The molecule has 0 saturated carbocycles. The van der Waals surface area contributed by atoms with E-state index in [1.54, 1.807) is 27.9 Å². The number of Topliss-reactive ketones (excluding diaryl/α,β-unsaturated/α-hetero) is 1. The van der Waals surface area contributed by atoms with Crippen molar-refractivity contribution in [2.45, 2.75) is 85.9 Å². The number of ether oxygens (including phenoxy) is 1. The average Bonchev–Trinajstić information content (AvgIpc) is 2.75. The number of aliphatic imine (C=N–C) groups is 1. The predicted molar refractivity (Wildman–Crippen MR) is 136 cm³/mol. The summed E-state index contributed by atoms with van der Waals surface area (Å²) in [5, 5.41) is 9.10. The number of alkyl halides is 3. The number of halogens is 3. The Hall–Kier alpha value is -2.74. The summed E-state index contributed by atoms with van der Waals surface area (Å²) in [5.74, 6) is 1.03. The number of carbonyl (C=O) groups excluding carboxylic acids is 1. The van der Waals surface area contributed by atoms with Gasteiger partial charge in [-0.1, -0.05) is 38.0 Å². The van der Waals surface area contributed by atoms with Crippen LogP contribution in [0.25, 0.3) is 0 Å². The van der Waals surface area contributed by atoms with Gasteiger partial charge in [0.2, 0.25) is 0 Å². The van der Waals surface area contributed by atoms with Crippen molar-refractivity contribution in [1.82, 2.24) is 4.98 Å². The van der Waals surface area contributed by atoms with Crippen molar-refractivity contribution < 1.29 is 27.8 Å². The number of pyridine rings is 1. The Labute approximate surface area is 207 Å². The van der Waals surface area contributed by atoms with E-state index < -0.39 is 17.5 Å². The third-order valence-electron chi connectivity index (χ3n) is 4.55. The van der Waals surface area contributed by atoms with Crippen molar-refractivity contribution in [2.24, 2.45) is 4.99 Å². The quantitative estimate of drug-likeness (QED) is 0.405. The lowest BCUT2D eigenvalue weighted by Gasteiger charge is -2.14. The fraction of sp³-hybridized carbons (Fsp3) is 0.519. The van der Waals surface area contributed by atoms with Crippen molar-refractivity contribution >= 4 is 17.2 Å². The summed E-state index contributed by atoms with van der Waals surface area (Å²) in [6.45, 7) is 12.6. The average molecular weight is 497 g/mol. The molecule has 0 aliphatic rings. The number of hydrogen-bond donors (Lipinski definition) is 1. The van der Waals surface area contributed by atoms with Crippen LogP contribution in [-0.4, -0.2) is 34.3 Å². The highest BCUT2D eigenvalue weighted by Crippen LogP contribution is 2.30. The molecule has 0 aliphatic carbocycles. The number of benzene rings is 1. The monoisotopic (exact) mass is 496 g/mol. The maximum absolute atomic E-state index is 12.4. The summed E-state index contributed by atoms with van der Waals surface area (Å²) in [6.07, 6.45) is -1.82. The highest BCUT2D eigenvalue weighted by Gasteiger charge is 2.32. The number of aryl methyl sites for hydroxylation is 2. The minimum Gasteiger partial charge on any atom is -0.497 e. The van der Waals surface area contributed by atoms with Gasteiger partial charge in [0.25, 0.3) is 0 Å². The summed E-state index contributed by atoms with van der Waals surface area (Å²) in [5.41, 5.74) is 1.27. The van der Waals surface area contributed by atoms with Crippen molar-refractivity contribution in [3.05, 3.63) is 53.3 Å². The number of carbonyl (C=O) groups is 1. The van der Waals surface area contributed by atoms with Crippen LogP contribution in [-0.2, 0) is 11.0 Å². The second kappa shape index (κ2) is 15.3. The Bertz CT molecular complexity index is 932. The van der Waals surface area contributed by atoms with E-state index in [4.69, 9.17) is 9.84 Å². The standard InChI is InChI=1S/C12H15F3N2.C8H10O.C7H14O2/c1-4-5-8(2)16-10-6-7-11(12(13,14)15)17-9(10)3;1-7-3-5-8(9-2)6-4-7;1-4-6(8)5-7(2,3)9/h6-7H,4-5H2,1-3H3;3-6H,1-2H3;9H,4-5H2,1-3H3. The molecule has 35 heavy (non-hydrogen) atoms. The summed E-state index contributed by atoms with van der Waals surface area (Å²) >= 11 is 0. The molecule has 1 N–H and O–H groups in total. The van der Waals surface area contributed by atoms with Gasteiger partial charge in [-0.2, -0.15) is 13.2 Å². The Balaban J connectivity index is 0.000000543. The molecule has 0 bridgehead atoms. The first kappa shape index (κ1) is 32.3. The van der Waals surface area contributed by atoms with Gasteiger partial charge in [0.1, 0.15) is 17.2 Å². The summed E-state index contributed by atoms with van der Waals surface area (Å²) in [7, 11) is 1.67. The van der Waals surface area contributed by atoms with E-state index in [1.165, 1.54) is 18.6 Å². The van der Waals surface area contributed by atoms with Gasteiger partial charge in [-0.05, 0) is 65.3 Å². The molecule has 1 aromatic carbocycles. The zero-order valence-electron chi connectivity index (χ0n) is 22.1. The SMILES string of the molecule is CCC(=O)CC(C)(C)O.CCCC(C)=Nc1ccc(C(F)(F)F)nc1C.COc1ccc(C)cc1. The van der Waals surface area contributed by atoms with Crippen molar-refractivity contribution in [1.29, 1.82) is 0 Å². The van der Waals surface area contributed by atoms with Crippen LogP contribution in [0.1, 0.15) is 77.3 Å². The van der Waals surface area contributed by atoms with Gasteiger partial charge in [0.15, 0.2) is 0 Å². The minimum atomic E-state index is -4.40. The lowest BCUT2D eigenvalue weighted by Crippen LogP contribution is -2.22. The lowest BCUT2D eigenvalue weighted by atomic mass is 10.0. The van der Waals surface area contributed by atoms with Gasteiger partial charge >= 0.3 is 6.18 Å². The molecule has 0 amide bonds. The van der Waals surface area contributed by atoms with Gasteiger partial charge in [0.05, 0.1) is 24.1 Å². The van der Waals surface area contributed by atoms with Crippen LogP contribution in [0.5, 0.6) is 5.75 Å². The number of aliphatic hydroxyl groups is 1. The number of methoxy groups -OCH3 is 1. The molecule has 1 heterocycles. The van der Waals surface area contributed by atoms with Gasteiger partial charge < -0.3 is 9.84 Å². The molecule has 5 nitrogen and oxygen atoms in total. The molecular formula is C27H39F3N2O3. The first-order chi connectivity index (χ1) is 16.1. The summed E-state index contributed by atoms with van der Waals surface area (Å²) in [6, 6.07) is 10.3. The molecule has 0 fully saturated rings. The van der Waals surface area contributed by atoms with Crippen molar-refractivity contribution in [2.75, 3.05) is 7.11 Å². The number of hydrogen-bond acceptors (Lipinski definition) is 5. The molecule has 196 valence electrons. The van der Waals surface area contributed by atoms with E-state index in [9.17, 15) is 18.0 Å². The predicted octanol–water partition coefficient (Wildman–Crippen LogP) is 7.43. The molecule has 0 aliphatic heterocycles. The number of rotatable bonds is 7.